The highest BCUT2D eigenvalue weighted by atomic mass is 16.6. The zero-order chi connectivity index (χ0) is 20.3. The molecule has 3 N–H and O–H groups in total. The minimum Gasteiger partial charge on any atom is -0.393 e. The number of aliphatic hydroxyl groups is 3. The van der Waals surface area contributed by atoms with E-state index < -0.39 is 24.6 Å². The lowest BCUT2D eigenvalue weighted by Gasteiger charge is -2.06. The van der Waals surface area contributed by atoms with Crippen molar-refractivity contribution >= 4 is 11.9 Å². The van der Waals surface area contributed by atoms with Crippen molar-refractivity contribution in [1.82, 2.24) is 0 Å². The van der Waals surface area contributed by atoms with Crippen LogP contribution in [0.3, 0.4) is 0 Å². The smallest absolute Gasteiger partial charge is 0.345 e. The highest BCUT2D eigenvalue weighted by Gasteiger charge is 2.18. The van der Waals surface area contributed by atoms with Crippen LogP contribution in [0, 0.1) is 0 Å². The van der Waals surface area contributed by atoms with E-state index in [2.05, 4.69) is 17.7 Å². The predicted octanol–water partition coefficient (Wildman–Crippen LogP) is 3.19. The number of aliphatic hydroxyl groups excluding tert-OH is 3. The summed E-state index contributed by atoms with van der Waals surface area (Å²) in [6.07, 6.45) is 15.7. The fraction of sp³-hybridized carbons (Fsp3) is 0.714. The van der Waals surface area contributed by atoms with E-state index in [0.29, 0.717) is 6.42 Å². The molecule has 0 radical (unpaired) electrons. The maximum Gasteiger partial charge on any atom is 0.345 e. The molecule has 0 rings (SSSR count). The molecule has 0 fully saturated rings. The summed E-state index contributed by atoms with van der Waals surface area (Å²) in [6, 6.07) is 0. The van der Waals surface area contributed by atoms with Crippen LogP contribution in [0.5, 0.6) is 0 Å². The van der Waals surface area contributed by atoms with Crippen LogP contribution in [0.15, 0.2) is 24.3 Å². The Kier molecular flexibility index (Phi) is 16.9. The zero-order valence-corrected chi connectivity index (χ0v) is 16.5. The largest absolute Gasteiger partial charge is 0.393 e. The first-order valence-electron chi connectivity index (χ1n) is 10.1. The maximum absolute atomic E-state index is 11.4. The highest BCUT2D eigenvalue weighted by Crippen LogP contribution is 2.09. The molecule has 0 saturated heterocycles. The van der Waals surface area contributed by atoms with Crippen molar-refractivity contribution < 1.29 is 29.6 Å². The SMILES string of the molecule is CCCCCC(O)C=CC=CCCCCCCCC(=O)OC(=O)C(O)CO. The van der Waals surface area contributed by atoms with Crippen LogP contribution in [0.2, 0.25) is 0 Å². The molecule has 0 spiro atoms. The Morgan fingerprint density at radius 1 is 0.963 bits per heavy atom. The van der Waals surface area contributed by atoms with Crippen LogP contribution in [0.25, 0.3) is 0 Å². The highest BCUT2D eigenvalue weighted by molar-refractivity contribution is 5.87. The lowest BCUT2D eigenvalue weighted by atomic mass is 10.1. The Morgan fingerprint density at radius 3 is 2.37 bits per heavy atom. The second kappa shape index (κ2) is 17.9. The average molecular weight is 385 g/mol. The molecule has 0 bridgehead atoms. The van der Waals surface area contributed by atoms with Gasteiger partial charge in [0.15, 0.2) is 6.10 Å². The molecule has 0 aromatic carbocycles. The first-order chi connectivity index (χ1) is 13.0. The van der Waals surface area contributed by atoms with E-state index in [1.54, 1.807) is 0 Å². The van der Waals surface area contributed by atoms with Gasteiger partial charge >= 0.3 is 11.9 Å². The number of carbonyl (C=O) groups excluding carboxylic acids is 2. The first kappa shape index (κ1) is 25.5. The standard InChI is InChI=1S/C21H36O6/c1-2-3-11-14-18(23)15-12-9-7-5-4-6-8-10-13-16-20(25)27-21(26)19(24)17-22/h7,9,12,15,18-19,22-24H,2-6,8,10-11,13-14,16-17H2,1H3. The summed E-state index contributed by atoms with van der Waals surface area (Å²) in [5.74, 6) is -1.77. The minimum absolute atomic E-state index is 0.134. The number of ether oxygens (including phenoxy) is 1. The molecule has 2 unspecified atom stereocenters. The van der Waals surface area contributed by atoms with Gasteiger partial charge in [-0.25, -0.2) is 4.79 Å². The van der Waals surface area contributed by atoms with Gasteiger partial charge < -0.3 is 20.1 Å². The Balaban J connectivity index is 3.54. The molecule has 156 valence electrons. The number of carbonyl (C=O) groups is 2. The second-order valence-electron chi connectivity index (χ2n) is 6.67. The molecule has 0 aromatic rings. The molecule has 0 heterocycles. The fourth-order valence-electron chi connectivity index (χ4n) is 2.43. The number of allylic oxidation sites excluding steroid dienone is 3. The molecule has 0 aliphatic heterocycles. The van der Waals surface area contributed by atoms with Crippen molar-refractivity contribution in [2.75, 3.05) is 6.61 Å². The summed E-state index contributed by atoms with van der Waals surface area (Å²) in [6.45, 7) is 1.39. The van der Waals surface area contributed by atoms with Gasteiger partial charge in [-0.2, -0.15) is 0 Å². The number of esters is 2. The van der Waals surface area contributed by atoms with Crippen molar-refractivity contribution in [2.45, 2.75) is 89.8 Å². The van der Waals surface area contributed by atoms with E-state index in [-0.39, 0.29) is 12.5 Å². The van der Waals surface area contributed by atoms with Crippen LogP contribution in [-0.4, -0.2) is 46.1 Å². The van der Waals surface area contributed by atoms with Crippen molar-refractivity contribution in [3.05, 3.63) is 24.3 Å². The van der Waals surface area contributed by atoms with Gasteiger partial charge in [0.1, 0.15) is 0 Å². The summed E-state index contributed by atoms with van der Waals surface area (Å²) in [7, 11) is 0. The van der Waals surface area contributed by atoms with E-state index in [4.69, 9.17) is 10.2 Å². The van der Waals surface area contributed by atoms with Gasteiger partial charge in [0.2, 0.25) is 0 Å². The van der Waals surface area contributed by atoms with Gasteiger partial charge in [0.05, 0.1) is 12.7 Å². The fourth-order valence-corrected chi connectivity index (χ4v) is 2.43. The zero-order valence-electron chi connectivity index (χ0n) is 16.5. The van der Waals surface area contributed by atoms with E-state index in [9.17, 15) is 14.7 Å². The van der Waals surface area contributed by atoms with Crippen LogP contribution in [0.4, 0.5) is 0 Å². The third-order valence-electron chi connectivity index (χ3n) is 4.10. The predicted molar refractivity (Wildman–Crippen MR) is 105 cm³/mol. The van der Waals surface area contributed by atoms with Gasteiger partial charge in [-0.3, -0.25) is 4.79 Å². The molecule has 0 aliphatic rings. The topological polar surface area (TPSA) is 104 Å². The first-order valence-corrected chi connectivity index (χ1v) is 10.1. The molecule has 0 amide bonds. The van der Waals surface area contributed by atoms with Gasteiger partial charge in [-0.1, -0.05) is 69.8 Å². The molecule has 6 heteroatoms. The molecule has 0 saturated carbocycles. The number of hydrogen-bond donors (Lipinski definition) is 3. The Morgan fingerprint density at radius 2 is 1.67 bits per heavy atom. The van der Waals surface area contributed by atoms with E-state index in [1.165, 1.54) is 0 Å². The van der Waals surface area contributed by atoms with Gasteiger partial charge in [-0.15, -0.1) is 0 Å². The molecule has 6 nitrogen and oxygen atoms in total. The molecule has 2 atom stereocenters. The van der Waals surface area contributed by atoms with E-state index >= 15 is 0 Å². The monoisotopic (exact) mass is 384 g/mol. The Labute approximate surface area is 162 Å². The van der Waals surface area contributed by atoms with Gasteiger partial charge in [-0.05, 0) is 25.7 Å². The van der Waals surface area contributed by atoms with E-state index in [1.807, 2.05) is 18.2 Å². The summed E-state index contributed by atoms with van der Waals surface area (Å²) < 4.78 is 4.41. The van der Waals surface area contributed by atoms with Crippen LogP contribution in [-0.2, 0) is 14.3 Å². The van der Waals surface area contributed by atoms with Crippen LogP contribution in [0.1, 0.15) is 77.6 Å². The molecular weight excluding hydrogens is 348 g/mol. The summed E-state index contributed by atoms with van der Waals surface area (Å²) in [4.78, 5) is 22.4. The Bertz CT molecular complexity index is 444. The number of hydrogen-bond acceptors (Lipinski definition) is 6. The lowest BCUT2D eigenvalue weighted by molar-refractivity contribution is -0.167. The maximum atomic E-state index is 11.4. The van der Waals surface area contributed by atoms with Crippen LogP contribution < -0.4 is 0 Å². The molecule has 0 aromatic heterocycles. The second-order valence-corrected chi connectivity index (χ2v) is 6.67. The lowest BCUT2D eigenvalue weighted by Crippen LogP contribution is -2.28. The van der Waals surface area contributed by atoms with Gasteiger partial charge in [0, 0.05) is 6.42 Å². The quantitative estimate of drug-likeness (QED) is 0.163. The normalized spacial score (nSPS) is 13.9. The van der Waals surface area contributed by atoms with Gasteiger partial charge in [0.25, 0.3) is 0 Å². The summed E-state index contributed by atoms with van der Waals surface area (Å²) >= 11 is 0. The van der Waals surface area contributed by atoms with E-state index in [0.717, 1.165) is 57.8 Å². The van der Waals surface area contributed by atoms with Crippen molar-refractivity contribution in [3.63, 3.8) is 0 Å². The summed E-state index contributed by atoms with van der Waals surface area (Å²) in [5.41, 5.74) is 0. The third kappa shape index (κ3) is 16.4. The Hall–Kier alpha value is -1.50. The third-order valence-corrected chi connectivity index (χ3v) is 4.10. The number of rotatable bonds is 16. The molecular formula is C21H36O6. The summed E-state index contributed by atoms with van der Waals surface area (Å²) in [5, 5.41) is 27.3. The van der Waals surface area contributed by atoms with Crippen molar-refractivity contribution in [2.24, 2.45) is 0 Å². The minimum atomic E-state index is -1.65. The molecule has 0 aliphatic carbocycles. The molecule has 27 heavy (non-hydrogen) atoms. The van der Waals surface area contributed by atoms with Crippen LogP contribution >= 0.6 is 0 Å². The number of unbranched alkanes of at least 4 members (excludes halogenated alkanes) is 7. The van der Waals surface area contributed by atoms with Crippen molar-refractivity contribution in [3.8, 4) is 0 Å². The van der Waals surface area contributed by atoms with Crippen molar-refractivity contribution in [1.29, 1.82) is 0 Å². The average Bonchev–Trinajstić information content (AvgIpc) is 2.65.